The molecule has 1 rings (SSSR count). The SMILES string of the molecule is CSCCCCCCNC(=O)[C@H]1[C@@H](C(=O)O)C1(C)C. The van der Waals surface area contributed by atoms with Crippen LogP contribution in [0.15, 0.2) is 0 Å². The van der Waals surface area contributed by atoms with Gasteiger partial charge in [0.05, 0.1) is 11.8 Å². The van der Waals surface area contributed by atoms with Gasteiger partial charge in [0.15, 0.2) is 0 Å². The molecule has 0 spiro atoms. The van der Waals surface area contributed by atoms with Crippen molar-refractivity contribution in [2.75, 3.05) is 18.6 Å². The van der Waals surface area contributed by atoms with Gasteiger partial charge in [0.1, 0.15) is 0 Å². The third-order valence-corrected chi connectivity index (χ3v) is 4.65. The predicted molar refractivity (Wildman–Crippen MR) is 78.3 cm³/mol. The number of carbonyl (C=O) groups excluding carboxylic acids is 1. The van der Waals surface area contributed by atoms with Gasteiger partial charge in [-0.2, -0.15) is 11.8 Å². The summed E-state index contributed by atoms with van der Waals surface area (Å²) in [5, 5.41) is 11.9. The summed E-state index contributed by atoms with van der Waals surface area (Å²) in [6, 6.07) is 0. The summed E-state index contributed by atoms with van der Waals surface area (Å²) in [5.74, 6) is -0.637. The Morgan fingerprint density at radius 1 is 1.16 bits per heavy atom. The minimum absolute atomic E-state index is 0.0958. The number of carboxylic acid groups (broad SMARTS) is 1. The Hall–Kier alpha value is -0.710. The van der Waals surface area contributed by atoms with Crippen LogP contribution in [0.2, 0.25) is 0 Å². The van der Waals surface area contributed by atoms with E-state index in [0.29, 0.717) is 6.54 Å². The van der Waals surface area contributed by atoms with Crippen molar-refractivity contribution in [1.29, 1.82) is 0 Å². The van der Waals surface area contributed by atoms with Crippen molar-refractivity contribution in [3.05, 3.63) is 0 Å². The molecule has 19 heavy (non-hydrogen) atoms. The smallest absolute Gasteiger partial charge is 0.307 e. The highest BCUT2D eigenvalue weighted by Gasteiger charge is 2.65. The van der Waals surface area contributed by atoms with Crippen LogP contribution in [0.5, 0.6) is 0 Å². The van der Waals surface area contributed by atoms with E-state index in [2.05, 4.69) is 11.6 Å². The lowest BCUT2D eigenvalue weighted by Crippen LogP contribution is -2.28. The summed E-state index contributed by atoms with van der Waals surface area (Å²) in [5.41, 5.74) is -0.395. The van der Waals surface area contributed by atoms with E-state index in [1.54, 1.807) is 0 Å². The molecule has 1 amide bonds. The molecule has 2 N–H and O–H groups in total. The molecule has 0 radical (unpaired) electrons. The lowest BCUT2D eigenvalue weighted by molar-refractivity contribution is -0.140. The molecule has 0 saturated heterocycles. The largest absolute Gasteiger partial charge is 0.481 e. The molecule has 5 heteroatoms. The van der Waals surface area contributed by atoms with Crippen molar-refractivity contribution in [2.45, 2.75) is 39.5 Å². The predicted octanol–water partition coefficient (Wildman–Crippen LogP) is 2.38. The maximum Gasteiger partial charge on any atom is 0.307 e. The first-order valence-electron chi connectivity index (χ1n) is 6.92. The molecule has 110 valence electrons. The highest BCUT2D eigenvalue weighted by atomic mass is 32.2. The van der Waals surface area contributed by atoms with Crippen molar-refractivity contribution in [1.82, 2.24) is 5.32 Å². The van der Waals surface area contributed by atoms with Crippen LogP contribution in [0.3, 0.4) is 0 Å². The Labute approximate surface area is 119 Å². The van der Waals surface area contributed by atoms with Crippen molar-refractivity contribution >= 4 is 23.6 Å². The van der Waals surface area contributed by atoms with Gasteiger partial charge < -0.3 is 10.4 Å². The lowest BCUT2D eigenvalue weighted by atomic mass is 10.1. The zero-order valence-corrected chi connectivity index (χ0v) is 12.9. The van der Waals surface area contributed by atoms with Gasteiger partial charge in [0, 0.05) is 6.54 Å². The maximum absolute atomic E-state index is 11.9. The van der Waals surface area contributed by atoms with Crippen LogP contribution in [0.1, 0.15) is 39.5 Å². The molecular weight excluding hydrogens is 262 g/mol. The minimum atomic E-state index is -0.859. The fourth-order valence-electron chi connectivity index (χ4n) is 2.63. The van der Waals surface area contributed by atoms with E-state index >= 15 is 0 Å². The van der Waals surface area contributed by atoms with Gasteiger partial charge in [0.25, 0.3) is 0 Å². The molecule has 1 aliphatic carbocycles. The van der Waals surface area contributed by atoms with Gasteiger partial charge in [0.2, 0.25) is 5.91 Å². The maximum atomic E-state index is 11.9. The van der Waals surface area contributed by atoms with E-state index in [9.17, 15) is 9.59 Å². The van der Waals surface area contributed by atoms with E-state index in [1.165, 1.54) is 18.6 Å². The van der Waals surface area contributed by atoms with E-state index in [0.717, 1.165) is 12.8 Å². The number of hydrogen-bond acceptors (Lipinski definition) is 3. The fraction of sp³-hybridized carbons (Fsp3) is 0.857. The van der Waals surface area contributed by atoms with E-state index in [4.69, 9.17) is 5.11 Å². The van der Waals surface area contributed by atoms with E-state index in [1.807, 2.05) is 25.6 Å². The number of nitrogens with one attached hydrogen (secondary N) is 1. The molecule has 1 saturated carbocycles. The summed E-state index contributed by atoms with van der Waals surface area (Å²) in [4.78, 5) is 22.9. The van der Waals surface area contributed by atoms with Crippen LogP contribution < -0.4 is 5.32 Å². The van der Waals surface area contributed by atoms with Crippen molar-refractivity contribution in [3.63, 3.8) is 0 Å². The third kappa shape index (κ3) is 4.41. The van der Waals surface area contributed by atoms with Crippen molar-refractivity contribution in [2.24, 2.45) is 17.3 Å². The number of amides is 1. The molecule has 1 aliphatic rings. The quantitative estimate of drug-likeness (QED) is 0.639. The minimum Gasteiger partial charge on any atom is -0.481 e. The summed E-state index contributed by atoms with van der Waals surface area (Å²) in [7, 11) is 0. The van der Waals surface area contributed by atoms with Gasteiger partial charge in [-0.25, -0.2) is 0 Å². The van der Waals surface area contributed by atoms with Gasteiger partial charge in [-0.3, -0.25) is 9.59 Å². The molecule has 0 heterocycles. The monoisotopic (exact) mass is 287 g/mol. The normalized spacial score (nSPS) is 23.9. The summed E-state index contributed by atoms with van der Waals surface area (Å²) in [6.07, 6.45) is 6.63. The first kappa shape index (κ1) is 16.3. The lowest BCUT2D eigenvalue weighted by Gasteiger charge is -2.06. The number of hydrogen-bond donors (Lipinski definition) is 2. The standard InChI is InChI=1S/C14H25NO3S/c1-14(2)10(11(14)13(17)18)12(16)15-8-6-4-5-7-9-19-3/h10-11H,4-9H2,1-3H3,(H,15,16)(H,17,18)/t10-,11+/m1/s1. The molecule has 0 unspecified atom stereocenters. The van der Waals surface area contributed by atoms with Gasteiger partial charge in [-0.1, -0.05) is 26.7 Å². The first-order chi connectivity index (χ1) is 8.92. The second-order valence-corrected chi connectivity index (χ2v) is 6.80. The van der Waals surface area contributed by atoms with Crippen LogP contribution >= 0.6 is 11.8 Å². The molecular formula is C14H25NO3S. The van der Waals surface area contributed by atoms with E-state index < -0.39 is 17.3 Å². The molecule has 0 bridgehead atoms. The number of unbranched alkanes of at least 4 members (excludes halogenated alkanes) is 3. The fourth-order valence-corrected chi connectivity index (χ4v) is 3.13. The third-order valence-electron chi connectivity index (χ3n) is 3.95. The van der Waals surface area contributed by atoms with Crippen LogP contribution in [-0.2, 0) is 9.59 Å². The number of aliphatic carboxylic acids is 1. The van der Waals surface area contributed by atoms with Crippen LogP contribution in [0, 0.1) is 17.3 Å². The first-order valence-corrected chi connectivity index (χ1v) is 8.31. The summed E-state index contributed by atoms with van der Waals surface area (Å²) < 4.78 is 0. The van der Waals surface area contributed by atoms with Crippen molar-refractivity contribution < 1.29 is 14.7 Å². The molecule has 1 fully saturated rings. The molecule has 2 atom stereocenters. The second-order valence-electron chi connectivity index (χ2n) is 5.81. The molecule has 0 aromatic heterocycles. The Morgan fingerprint density at radius 3 is 2.32 bits per heavy atom. The van der Waals surface area contributed by atoms with Crippen LogP contribution in [-0.4, -0.2) is 35.5 Å². The summed E-state index contributed by atoms with van der Waals surface area (Å²) in [6.45, 7) is 4.36. The Morgan fingerprint density at radius 2 is 1.79 bits per heavy atom. The van der Waals surface area contributed by atoms with Crippen molar-refractivity contribution in [3.8, 4) is 0 Å². The second kappa shape index (κ2) is 7.17. The highest BCUT2D eigenvalue weighted by Crippen LogP contribution is 2.58. The topological polar surface area (TPSA) is 66.4 Å². The number of carboxylic acids is 1. The summed E-state index contributed by atoms with van der Waals surface area (Å²) >= 11 is 1.86. The average molecular weight is 287 g/mol. The number of thioether (sulfide) groups is 1. The zero-order chi connectivity index (χ0) is 14.5. The average Bonchev–Trinajstić information content (AvgIpc) is 2.91. The zero-order valence-electron chi connectivity index (χ0n) is 12.1. The molecule has 0 aromatic rings. The molecule has 0 aliphatic heterocycles. The number of carbonyl (C=O) groups is 2. The Kier molecular flexibility index (Phi) is 6.17. The van der Waals surface area contributed by atoms with Crippen LogP contribution in [0.25, 0.3) is 0 Å². The number of rotatable bonds is 9. The highest BCUT2D eigenvalue weighted by molar-refractivity contribution is 7.98. The van der Waals surface area contributed by atoms with E-state index in [-0.39, 0.29) is 11.8 Å². The van der Waals surface area contributed by atoms with Gasteiger partial charge in [-0.05, 0) is 30.3 Å². The Bertz CT molecular complexity index is 331. The van der Waals surface area contributed by atoms with Crippen LogP contribution in [0.4, 0.5) is 0 Å². The Balaban J connectivity index is 2.14. The van der Waals surface area contributed by atoms with Gasteiger partial charge >= 0.3 is 5.97 Å². The molecule has 4 nitrogen and oxygen atoms in total. The molecule has 0 aromatic carbocycles. The van der Waals surface area contributed by atoms with Gasteiger partial charge in [-0.15, -0.1) is 0 Å².